The molecule has 14 heavy (non-hydrogen) atoms. The van der Waals surface area contributed by atoms with Gasteiger partial charge in [0.25, 0.3) is 0 Å². The maximum atomic E-state index is 10.9. The molecule has 0 aliphatic heterocycles. The largest absolute Gasteiger partial charge is 0.322 e. The summed E-state index contributed by atoms with van der Waals surface area (Å²) in [5, 5.41) is 0. The Morgan fingerprint density at radius 3 is 2.43 bits per heavy atom. The summed E-state index contributed by atoms with van der Waals surface area (Å²) >= 11 is 0. The fraction of sp³-hybridized carbons (Fsp3) is 0.0909. The van der Waals surface area contributed by atoms with E-state index in [1.807, 2.05) is 23.6 Å². The van der Waals surface area contributed by atoms with Gasteiger partial charge in [0.1, 0.15) is 0 Å². The molecule has 0 radical (unpaired) electrons. The average molecular weight is 186 g/mol. The van der Waals surface area contributed by atoms with Crippen molar-refractivity contribution in [1.82, 2.24) is 9.55 Å². The van der Waals surface area contributed by atoms with Crippen LogP contribution in [0, 0.1) is 6.92 Å². The minimum atomic E-state index is 0.0151. The Bertz CT molecular complexity index is 465. The number of hydrogen-bond acceptors (Lipinski definition) is 2. The highest BCUT2D eigenvalue weighted by molar-refractivity contribution is 5.29. The first-order chi connectivity index (χ1) is 6.75. The maximum absolute atomic E-state index is 10.9. The van der Waals surface area contributed by atoms with Crippen LogP contribution >= 0.6 is 0 Å². The van der Waals surface area contributed by atoms with E-state index >= 15 is 0 Å². The number of hydrogen-bond donors (Lipinski definition) is 0. The summed E-state index contributed by atoms with van der Waals surface area (Å²) in [5.41, 5.74) is 1.95. The van der Waals surface area contributed by atoms with Crippen molar-refractivity contribution in [3.63, 3.8) is 0 Å². The maximum Gasteiger partial charge on any atom is 0.181 e. The lowest BCUT2D eigenvalue weighted by atomic mass is 10.3. The molecule has 2 heterocycles. The molecule has 2 aromatic heterocycles. The van der Waals surface area contributed by atoms with E-state index in [1.165, 1.54) is 12.1 Å². The number of nitrogens with zero attached hydrogens (tertiary/aromatic N) is 2. The Kier molecular flexibility index (Phi) is 2.14. The summed E-state index contributed by atoms with van der Waals surface area (Å²) in [6.45, 7) is 1.94. The van der Waals surface area contributed by atoms with Crippen molar-refractivity contribution < 1.29 is 0 Å². The number of pyridine rings is 2. The Balaban J connectivity index is 2.44. The third-order valence-electron chi connectivity index (χ3n) is 1.99. The van der Waals surface area contributed by atoms with Crippen molar-refractivity contribution in [3.05, 3.63) is 58.8 Å². The van der Waals surface area contributed by atoms with Gasteiger partial charge in [0.05, 0.1) is 11.9 Å². The summed E-state index contributed by atoms with van der Waals surface area (Å²) in [6.07, 6.45) is 5.24. The second-order valence-electron chi connectivity index (χ2n) is 3.10. The van der Waals surface area contributed by atoms with Crippen molar-refractivity contribution in [3.8, 4) is 5.69 Å². The van der Waals surface area contributed by atoms with Gasteiger partial charge in [-0.2, -0.15) is 0 Å². The SMILES string of the molecule is Cc1ccc(-n2ccc(=O)cc2)cn1. The van der Waals surface area contributed by atoms with Crippen LogP contribution in [0.15, 0.2) is 47.7 Å². The second-order valence-corrected chi connectivity index (χ2v) is 3.10. The first-order valence-electron chi connectivity index (χ1n) is 4.37. The van der Waals surface area contributed by atoms with Crippen LogP contribution in [0.5, 0.6) is 0 Å². The van der Waals surface area contributed by atoms with Crippen LogP contribution in [0.1, 0.15) is 5.69 Å². The molecule has 0 saturated carbocycles. The predicted octanol–water partition coefficient (Wildman–Crippen LogP) is 1.54. The molecule has 0 spiro atoms. The molecule has 70 valence electrons. The first kappa shape index (κ1) is 8.69. The first-order valence-corrected chi connectivity index (χ1v) is 4.37. The molecule has 0 atom stereocenters. The summed E-state index contributed by atoms with van der Waals surface area (Å²) < 4.78 is 1.86. The van der Waals surface area contributed by atoms with Gasteiger partial charge in [0.15, 0.2) is 5.43 Å². The Morgan fingerprint density at radius 2 is 1.86 bits per heavy atom. The molecule has 0 N–H and O–H groups in total. The van der Waals surface area contributed by atoms with E-state index in [0.29, 0.717) is 0 Å². The Hall–Kier alpha value is -1.90. The zero-order chi connectivity index (χ0) is 9.97. The van der Waals surface area contributed by atoms with E-state index in [1.54, 1.807) is 18.6 Å². The predicted molar refractivity (Wildman–Crippen MR) is 54.6 cm³/mol. The molecule has 0 aliphatic carbocycles. The number of aryl methyl sites for hydroxylation is 1. The van der Waals surface area contributed by atoms with E-state index in [2.05, 4.69) is 4.98 Å². The Labute approximate surface area is 81.7 Å². The van der Waals surface area contributed by atoms with Crippen molar-refractivity contribution >= 4 is 0 Å². The van der Waals surface area contributed by atoms with Crippen molar-refractivity contribution in [2.24, 2.45) is 0 Å². The quantitative estimate of drug-likeness (QED) is 0.677. The summed E-state index contributed by atoms with van der Waals surface area (Å²) in [7, 11) is 0. The van der Waals surface area contributed by atoms with Gasteiger partial charge in [-0.05, 0) is 19.1 Å². The van der Waals surface area contributed by atoms with Crippen molar-refractivity contribution in [1.29, 1.82) is 0 Å². The van der Waals surface area contributed by atoms with Gasteiger partial charge in [0, 0.05) is 30.2 Å². The fourth-order valence-electron chi connectivity index (χ4n) is 1.20. The highest BCUT2D eigenvalue weighted by atomic mass is 16.1. The monoisotopic (exact) mass is 186 g/mol. The fourth-order valence-corrected chi connectivity index (χ4v) is 1.20. The highest BCUT2D eigenvalue weighted by Gasteiger charge is 1.93. The highest BCUT2D eigenvalue weighted by Crippen LogP contribution is 2.04. The molecule has 0 aliphatic rings. The minimum Gasteiger partial charge on any atom is -0.322 e. The van der Waals surface area contributed by atoms with Gasteiger partial charge >= 0.3 is 0 Å². The van der Waals surface area contributed by atoms with Crippen LogP contribution in [-0.4, -0.2) is 9.55 Å². The van der Waals surface area contributed by atoms with Crippen LogP contribution in [-0.2, 0) is 0 Å². The van der Waals surface area contributed by atoms with Crippen LogP contribution in [0.2, 0.25) is 0 Å². The van der Waals surface area contributed by atoms with Gasteiger partial charge < -0.3 is 4.57 Å². The van der Waals surface area contributed by atoms with Gasteiger partial charge in [-0.3, -0.25) is 9.78 Å². The lowest BCUT2D eigenvalue weighted by Crippen LogP contribution is -2.01. The van der Waals surface area contributed by atoms with Gasteiger partial charge in [-0.25, -0.2) is 0 Å². The molecule has 0 amide bonds. The Morgan fingerprint density at radius 1 is 1.14 bits per heavy atom. The van der Waals surface area contributed by atoms with E-state index < -0.39 is 0 Å². The van der Waals surface area contributed by atoms with Crippen molar-refractivity contribution in [2.45, 2.75) is 6.92 Å². The summed E-state index contributed by atoms with van der Waals surface area (Å²) in [6, 6.07) is 6.96. The standard InChI is InChI=1S/C11H10N2O/c1-9-2-3-10(8-12-9)13-6-4-11(14)5-7-13/h2-8H,1H3. The van der Waals surface area contributed by atoms with Gasteiger partial charge in [-0.15, -0.1) is 0 Å². The molecule has 0 bridgehead atoms. The third kappa shape index (κ3) is 1.71. The molecule has 0 aromatic carbocycles. The van der Waals surface area contributed by atoms with Crippen LogP contribution in [0.25, 0.3) is 5.69 Å². The average Bonchev–Trinajstić information content (AvgIpc) is 2.21. The minimum absolute atomic E-state index is 0.0151. The van der Waals surface area contributed by atoms with E-state index in [4.69, 9.17) is 0 Å². The van der Waals surface area contributed by atoms with Crippen LogP contribution in [0.4, 0.5) is 0 Å². The lowest BCUT2D eigenvalue weighted by Gasteiger charge is -2.04. The third-order valence-corrected chi connectivity index (χ3v) is 1.99. The van der Waals surface area contributed by atoms with Crippen LogP contribution < -0.4 is 5.43 Å². The van der Waals surface area contributed by atoms with Gasteiger partial charge in [-0.1, -0.05) is 0 Å². The zero-order valence-corrected chi connectivity index (χ0v) is 7.84. The molecular formula is C11H10N2O. The normalized spacial score (nSPS) is 10.1. The topological polar surface area (TPSA) is 34.9 Å². The second kappa shape index (κ2) is 3.46. The molecule has 2 aromatic rings. The summed E-state index contributed by atoms with van der Waals surface area (Å²) in [5.74, 6) is 0. The molecule has 2 rings (SSSR count). The number of aromatic nitrogens is 2. The van der Waals surface area contributed by atoms with E-state index in [9.17, 15) is 4.79 Å². The van der Waals surface area contributed by atoms with Crippen molar-refractivity contribution in [2.75, 3.05) is 0 Å². The molecule has 3 heteroatoms. The van der Waals surface area contributed by atoms with E-state index in [0.717, 1.165) is 11.4 Å². The van der Waals surface area contributed by atoms with Crippen LogP contribution in [0.3, 0.4) is 0 Å². The molecular weight excluding hydrogens is 176 g/mol. The molecule has 0 unspecified atom stereocenters. The molecule has 0 fully saturated rings. The molecule has 0 saturated heterocycles. The molecule has 3 nitrogen and oxygen atoms in total. The lowest BCUT2D eigenvalue weighted by molar-refractivity contribution is 1.01. The van der Waals surface area contributed by atoms with Gasteiger partial charge in [0.2, 0.25) is 0 Å². The smallest absolute Gasteiger partial charge is 0.181 e. The number of rotatable bonds is 1. The van der Waals surface area contributed by atoms with E-state index in [-0.39, 0.29) is 5.43 Å². The summed E-state index contributed by atoms with van der Waals surface area (Å²) in [4.78, 5) is 15.1. The zero-order valence-electron chi connectivity index (χ0n) is 7.84.